The van der Waals surface area contributed by atoms with Crippen molar-refractivity contribution in [1.29, 1.82) is 0 Å². The molecule has 0 spiro atoms. The Balaban J connectivity index is 2.15. The Labute approximate surface area is 125 Å². The number of hydrogen-bond donors (Lipinski definition) is 1. The van der Waals surface area contributed by atoms with Gasteiger partial charge in [0.1, 0.15) is 0 Å². The first-order chi connectivity index (χ1) is 9.45. The standard InChI is InChI=1S/C13H22N2O3S2/c1-10-13(7-12(19-10)8-14-2)20(16,17)15(3)9-11-5-4-6-18-11/h7,11,14H,4-6,8-9H2,1-3H3. The summed E-state index contributed by atoms with van der Waals surface area (Å²) in [6, 6.07) is 1.78. The number of likely N-dealkylation sites (N-methyl/N-ethyl adjacent to an activating group) is 1. The molecule has 1 aliphatic rings. The summed E-state index contributed by atoms with van der Waals surface area (Å²) in [5.74, 6) is 0. The van der Waals surface area contributed by atoms with Gasteiger partial charge in [0, 0.05) is 36.5 Å². The quantitative estimate of drug-likeness (QED) is 0.865. The van der Waals surface area contributed by atoms with E-state index < -0.39 is 10.0 Å². The van der Waals surface area contributed by atoms with Crippen LogP contribution in [-0.4, -0.2) is 46.1 Å². The fraction of sp³-hybridized carbons (Fsp3) is 0.692. The second-order valence-electron chi connectivity index (χ2n) is 5.08. The van der Waals surface area contributed by atoms with Crippen molar-refractivity contribution in [3.8, 4) is 0 Å². The van der Waals surface area contributed by atoms with Crippen molar-refractivity contribution in [1.82, 2.24) is 9.62 Å². The van der Waals surface area contributed by atoms with Crippen LogP contribution in [0, 0.1) is 6.92 Å². The molecule has 114 valence electrons. The van der Waals surface area contributed by atoms with Crippen LogP contribution < -0.4 is 5.32 Å². The highest BCUT2D eigenvalue weighted by molar-refractivity contribution is 7.89. The van der Waals surface area contributed by atoms with Gasteiger partial charge in [-0.2, -0.15) is 4.31 Å². The molecule has 0 bridgehead atoms. The van der Waals surface area contributed by atoms with Gasteiger partial charge < -0.3 is 10.1 Å². The Kier molecular flexibility index (Phi) is 5.19. The van der Waals surface area contributed by atoms with E-state index in [0.717, 1.165) is 29.2 Å². The van der Waals surface area contributed by atoms with Crippen molar-refractivity contribution < 1.29 is 13.2 Å². The number of rotatable bonds is 6. The largest absolute Gasteiger partial charge is 0.377 e. The molecule has 7 heteroatoms. The Bertz CT molecular complexity index is 548. The molecule has 0 aliphatic carbocycles. The van der Waals surface area contributed by atoms with Crippen LogP contribution in [0.3, 0.4) is 0 Å². The Morgan fingerprint density at radius 1 is 1.55 bits per heavy atom. The summed E-state index contributed by atoms with van der Waals surface area (Å²) < 4.78 is 32.2. The Hall–Kier alpha value is -0.470. The van der Waals surface area contributed by atoms with Crippen LogP contribution in [0.1, 0.15) is 22.6 Å². The molecule has 1 aliphatic heterocycles. The molecule has 2 rings (SSSR count). The summed E-state index contributed by atoms with van der Waals surface area (Å²) in [7, 11) is 0.0661. The van der Waals surface area contributed by atoms with E-state index in [0.29, 0.717) is 18.0 Å². The van der Waals surface area contributed by atoms with Gasteiger partial charge in [0.25, 0.3) is 0 Å². The summed E-state index contributed by atoms with van der Waals surface area (Å²) in [5.41, 5.74) is 0. The lowest BCUT2D eigenvalue weighted by molar-refractivity contribution is 0.0979. The average molecular weight is 318 g/mol. The molecular formula is C13H22N2O3S2. The predicted molar refractivity (Wildman–Crippen MR) is 80.6 cm³/mol. The lowest BCUT2D eigenvalue weighted by atomic mass is 10.2. The number of hydrogen-bond acceptors (Lipinski definition) is 5. The second-order valence-corrected chi connectivity index (χ2v) is 8.44. The van der Waals surface area contributed by atoms with Gasteiger partial charge in [0.15, 0.2) is 0 Å². The highest BCUT2D eigenvalue weighted by atomic mass is 32.2. The van der Waals surface area contributed by atoms with Crippen molar-refractivity contribution in [3.05, 3.63) is 15.8 Å². The van der Waals surface area contributed by atoms with Crippen molar-refractivity contribution in [2.75, 3.05) is 27.2 Å². The van der Waals surface area contributed by atoms with Crippen LogP contribution in [0.4, 0.5) is 0 Å². The molecule has 1 aromatic rings. The fourth-order valence-corrected chi connectivity index (χ4v) is 5.20. The number of sulfonamides is 1. The highest BCUT2D eigenvalue weighted by Gasteiger charge is 2.28. The van der Waals surface area contributed by atoms with Crippen molar-refractivity contribution in [2.45, 2.75) is 37.3 Å². The molecule has 0 radical (unpaired) electrons. The molecule has 1 aromatic heterocycles. The van der Waals surface area contributed by atoms with E-state index in [-0.39, 0.29) is 6.10 Å². The lowest BCUT2D eigenvalue weighted by Crippen LogP contribution is -2.34. The summed E-state index contributed by atoms with van der Waals surface area (Å²) in [6.45, 7) is 3.72. The van der Waals surface area contributed by atoms with E-state index in [1.807, 2.05) is 14.0 Å². The SMILES string of the molecule is CNCc1cc(S(=O)(=O)N(C)CC2CCCO2)c(C)s1. The van der Waals surface area contributed by atoms with Gasteiger partial charge in [-0.15, -0.1) is 11.3 Å². The van der Waals surface area contributed by atoms with Gasteiger partial charge in [-0.3, -0.25) is 0 Å². The predicted octanol–water partition coefficient (Wildman–Crippen LogP) is 1.58. The average Bonchev–Trinajstić information content (AvgIpc) is 2.99. The number of ether oxygens (including phenoxy) is 1. The second kappa shape index (κ2) is 6.53. The maximum absolute atomic E-state index is 12.6. The van der Waals surface area contributed by atoms with Crippen molar-refractivity contribution in [3.63, 3.8) is 0 Å². The third kappa shape index (κ3) is 3.40. The minimum Gasteiger partial charge on any atom is -0.377 e. The molecular weight excluding hydrogens is 296 g/mol. The molecule has 5 nitrogen and oxygen atoms in total. The van der Waals surface area contributed by atoms with Gasteiger partial charge in [-0.05, 0) is 32.9 Å². The number of thiophene rings is 1. The minimum atomic E-state index is -3.42. The summed E-state index contributed by atoms with van der Waals surface area (Å²) >= 11 is 1.53. The zero-order valence-corrected chi connectivity index (χ0v) is 13.8. The van der Waals surface area contributed by atoms with E-state index in [1.165, 1.54) is 15.6 Å². The van der Waals surface area contributed by atoms with E-state index in [1.54, 1.807) is 13.1 Å². The molecule has 1 atom stereocenters. The maximum Gasteiger partial charge on any atom is 0.244 e. The first-order valence-corrected chi connectivity index (χ1v) is 9.02. The topological polar surface area (TPSA) is 58.6 Å². The van der Waals surface area contributed by atoms with Crippen molar-refractivity contribution >= 4 is 21.4 Å². The molecule has 0 saturated carbocycles. The molecule has 1 saturated heterocycles. The summed E-state index contributed by atoms with van der Waals surface area (Å²) in [6.07, 6.45) is 1.99. The summed E-state index contributed by atoms with van der Waals surface area (Å²) in [4.78, 5) is 2.30. The molecule has 1 fully saturated rings. The van der Waals surface area contributed by atoms with Gasteiger partial charge in [0.2, 0.25) is 10.0 Å². The fourth-order valence-electron chi connectivity index (χ4n) is 2.38. The van der Waals surface area contributed by atoms with Crippen LogP contribution in [0.15, 0.2) is 11.0 Å². The molecule has 1 unspecified atom stereocenters. The third-order valence-electron chi connectivity index (χ3n) is 3.45. The lowest BCUT2D eigenvalue weighted by Gasteiger charge is -2.20. The minimum absolute atomic E-state index is 0.0329. The van der Waals surface area contributed by atoms with Crippen LogP contribution in [0.5, 0.6) is 0 Å². The molecule has 0 amide bonds. The van der Waals surface area contributed by atoms with E-state index in [9.17, 15) is 8.42 Å². The molecule has 2 heterocycles. The van der Waals surface area contributed by atoms with Gasteiger partial charge in [-0.1, -0.05) is 0 Å². The van der Waals surface area contributed by atoms with Gasteiger partial charge in [-0.25, -0.2) is 8.42 Å². The van der Waals surface area contributed by atoms with Crippen LogP contribution in [-0.2, 0) is 21.3 Å². The van der Waals surface area contributed by atoms with Gasteiger partial charge >= 0.3 is 0 Å². The number of aryl methyl sites for hydroxylation is 1. The highest BCUT2D eigenvalue weighted by Crippen LogP contribution is 2.28. The van der Waals surface area contributed by atoms with E-state index in [2.05, 4.69) is 5.32 Å². The monoisotopic (exact) mass is 318 g/mol. The Morgan fingerprint density at radius 2 is 2.30 bits per heavy atom. The molecule has 1 N–H and O–H groups in total. The normalized spacial score (nSPS) is 19.9. The maximum atomic E-state index is 12.6. The van der Waals surface area contributed by atoms with Crippen molar-refractivity contribution in [2.24, 2.45) is 0 Å². The zero-order valence-electron chi connectivity index (χ0n) is 12.2. The van der Waals surface area contributed by atoms with Crippen LogP contribution in [0.2, 0.25) is 0 Å². The van der Waals surface area contributed by atoms with Gasteiger partial charge in [0.05, 0.1) is 11.0 Å². The van der Waals surface area contributed by atoms with Crippen LogP contribution in [0.25, 0.3) is 0 Å². The number of nitrogens with zero attached hydrogens (tertiary/aromatic N) is 1. The first kappa shape index (κ1) is 15.9. The smallest absolute Gasteiger partial charge is 0.244 e. The van der Waals surface area contributed by atoms with E-state index >= 15 is 0 Å². The molecule has 20 heavy (non-hydrogen) atoms. The number of nitrogens with one attached hydrogen (secondary N) is 1. The summed E-state index contributed by atoms with van der Waals surface area (Å²) in [5, 5.41) is 3.05. The zero-order chi connectivity index (χ0) is 14.8. The Morgan fingerprint density at radius 3 is 2.90 bits per heavy atom. The third-order valence-corrected chi connectivity index (χ3v) is 6.58. The first-order valence-electron chi connectivity index (χ1n) is 6.77. The van der Waals surface area contributed by atoms with E-state index in [4.69, 9.17) is 4.74 Å². The molecule has 0 aromatic carbocycles. The van der Waals surface area contributed by atoms with Crippen LogP contribution >= 0.6 is 11.3 Å².